The molecular formula is C52H33N3. The average molecular weight is 700 g/mol. The second kappa shape index (κ2) is 12.6. The van der Waals surface area contributed by atoms with Gasteiger partial charge in [0.2, 0.25) is 0 Å². The molecule has 0 amide bonds. The van der Waals surface area contributed by atoms with E-state index in [1.54, 1.807) is 12.4 Å². The second-order valence-electron chi connectivity index (χ2n) is 14.2. The lowest BCUT2D eigenvalue weighted by Crippen LogP contribution is -1.95. The fraction of sp³-hybridized carbons (Fsp3) is 0. The highest BCUT2D eigenvalue weighted by Gasteiger charge is 2.17. The molecule has 9 aromatic carbocycles. The number of hydrogen-bond donors (Lipinski definition) is 0. The number of benzene rings is 9. The van der Waals surface area contributed by atoms with Gasteiger partial charge in [0.25, 0.3) is 0 Å². The van der Waals surface area contributed by atoms with Crippen molar-refractivity contribution in [2.75, 3.05) is 0 Å². The lowest BCUT2D eigenvalue weighted by molar-refractivity contribution is 1.18. The van der Waals surface area contributed by atoms with E-state index in [9.17, 15) is 0 Å². The van der Waals surface area contributed by atoms with E-state index in [-0.39, 0.29) is 0 Å². The maximum Gasteiger partial charge on any atom is 0.0971 e. The predicted molar refractivity (Wildman–Crippen MR) is 231 cm³/mol. The van der Waals surface area contributed by atoms with E-state index in [4.69, 9.17) is 4.98 Å². The van der Waals surface area contributed by atoms with Crippen LogP contribution >= 0.6 is 0 Å². The van der Waals surface area contributed by atoms with Crippen LogP contribution in [0.25, 0.3) is 105 Å². The van der Waals surface area contributed by atoms with Gasteiger partial charge in [0, 0.05) is 45.2 Å². The molecule has 55 heavy (non-hydrogen) atoms. The molecule has 0 saturated heterocycles. The quantitative estimate of drug-likeness (QED) is 0.167. The molecule has 0 aliphatic rings. The van der Waals surface area contributed by atoms with Crippen LogP contribution in [0.4, 0.5) is 0 Å². The van der Waals surface area contributed by atoms with Gasteiger partial charge in [0.1, 0.15) is 0 Å². The third kappa shape index (κ3) is 5.13. The Bertz CT molecular complexity index is 3200. The highest BCUT2D eigenvalue weighted by molar-refractivity contribution is 6.23. The van der Waals surface area contributed by atoms with Crippen molar-refractivity contribution in [3.63, 3.8) is 0 Å². The Kier molecular flexibility index (Phi) is 7.17. The van der Waals surface area contributed by atoms with Crippen molar-refractivity contribution in [1.82, 2.24) is 14.5 Å². The Morgan fingerprint density at radius 3 is 1.51 bits per heavy atom. The second-order valence-corrected chi connectivity index (χ2v) is 14.2. The fourth-order valence-electron chi connectivity index (χ4n) is 8.48. The van der Waals surface area contributed by atoms with Gasteiger partial charge >= 0.3 is 0 Å². The van der Waals surface area contributed by atoms with Crippen LogP contribution in [0, 0.1) is 0 Å². The van der Waals surface area contributed by atoms with Crippen LogP contribution in [0.15, 0.2) is 200 Å². The van der Waals surface area contributed by atoms with Gasteiger partial charge in [-0.15, -0.1) is 0 Å². The molecule has 0 aliphatic heterocycles. The molecule has 2 aromatic heterocycles. The molecule has 0 saturated carbocycles. The Labute approximate surface area is 318 Å². The van der Waals surface area contributed by atoms with Crippen LogP contribution in [0.5, 0.6) is 0 Å². The first-order valence-corrected chi connectivity index (χ1v) is 18.7. The highest BCUT2D eigenvalue weighted by atomic mass is 15.0. The summed E-state index contributed by atoms with van der Waals surface area (Å²) in [6.07, 6.45) is 3.55. The first kappa shape index (κ1) is 31.2. The summed E-state index contributed by atoms with van der Waals surface area (Å²) in [6.45, 7) is 0. The summed E-state index contributed by atoms with van der Waals surface area (Å²) in [6, 6.07) is 68.1. The zero-order valence-electron chi connectivity index (χ0n) is 29.9. The maximum atomic E-state index is 4.72. The minimum absolute atomic E-state index is 0.942. The van der Waals surface area contributed by atoms with Gasteiger partial charge in [-0.3, -0.25) is 9.97 Å². The molecule has 0 atom stereocenters. The van der Waals surface area contributed by atoms with E-state index >= 15 is 0 Å². The molecule has 0 bridgehead atoms. The largest absolute Gasteiger partial charge is 0.309 e. The van der Waals surface area contributed by atoms with E-state index in [1.807, 2.05) is 0 Å². The van der Waals surface area contributed by atoms with Gasteiger partial charge in [0.15, 0.2) is 0 Å². The molecule has 11 rings (SSSR count). The van der Waals surface area contributed by atoms with Crippen LogP contribution in [0.1, 0.15) is 0 Å². The third-order valence-electron chi connectivity index (χ3n) is 11.1. The van der Waals surface area contributed by atoms with Crippen LogP contribution in [0.2, 0.25) is 0 Å². The van der Waals surface area contributed by atoms with E-state index in [0.29, 0.717) is 0 Å². The standard InChI is InChI=1S/C52H33N3/c1-2-12-41(13-3-1)55-49-19-7-6-15-44(49)47-18-9-17-42(52(47)55)37-26-24-35(25-27-37)39-11-8-10-38(32-39)34-20-22-36(23-21-34)40-28-29-46-48(33-40)43-14-4-5-16-45(43)50-51(46)54-31-30-53-50/h1-33H. The smallest absolute Gasteiger partial charge is 0.0971 e. The first-order chi connectivity index (χ1) is 27.3. The molecule has 0 N–H and O–H groups in total. The zero-order valence-corrected chi connectivity index (χ0v) is 29.9. The normalized spacial score (nSPS) is 11.6. The molecular weight excluding hydrogens is 667 g/mol. The Balaban J connectivity index is 0.923. The lowest BCUT2D eigenvalue weighted by Gasteiger charge is -2.12. The molecule has 0 radical (unpaired) electrons. The van der Waals surface area contributed by atoms with Gasteiger partial charge in [0.05, 0.1) is 22.1 Å². The molecule has 3 heteroatoms. The topological polar surface area (TPSA) is 30.7 Å². The van der Waals surface area contributed by atoms with Crippen molar-refractivity contribution in [1.29, 1.82) is 0 Å². The summed E-state index contributed by atoms with van der Waals surface area (Å²) in [5.41, 5.74) is 15.1. The SMILES string of the molecule is c1ccc(-n2c3ccccc3c3cccc(-c4ccc(-c5cccc(-c6ccc(-c7ccc8c(c7)c7ccccc7c7nccnc87)cc6)c5)cc4)c32)cc1. The summed E-state index contributed by atoms with van der Waals surface area (Å²) < 4.78 is 2.40. The number of nitrogens with zero attached hydrogens (tertiary/aromatic N) is 3. The van der Waals surface area contributed by atoms with Gasteiger partial charge in [-0.05, 0) is 80.0 Å². The monoisotopic (exact) mass is 699 g/mol. The Morgan fingerprint density at radius 1 is 0.309 bits per heavy atom. The van der Waals surface area contributed by atoms with Gasteiger partial charge in [-0.25, -0.2) is 0 Å². The Hall–Kier alpha value is -7.36. The predicted octanol–water partition coefficient (Wildman–Crippen LogP) is 13.7. The number of hydrogen-bond acceptors (Lipinski definition) is 2. The molecule has 0 spiro atoms. The lowest BCUT2D eigenvalue weighted by atomic mass is 9.94. The van der Waals surface area contributed by atoms with Gasteiger partial charge in [-0.2, -0.15) is 0 Å². The van der Waals surface area contributed by atoms with Crippen LogP contribution in [-0.4, -0.2) is 14.5 Å². The van der Waals surface area contributed by atoms with Crippen molar-refractivity contribution in [3.8, 4) is 50.2 Å². The maximum absolute atomic E-state index is 4.72. The zero-order chi connectivity index (χ0) is 36.3. The van der Waals surface area contributed by atoms with E-state index in [2.05, 4.69) is 198 Å². The fourth-order valence-corrected chi connectivity index (χ4v) is 8.48. The molecule has 3 nitrogen and oxygen atoms in total. The van der Waals surface area contributed by atoms with Crippen LogP contribution < -0.4 is 0 Å². The summed E-state index contributed by atoms with van der Waals surface area (Å²) >= 11 is 0. The number of rotatable bonds is 5. The molecule has 256 valence electrons. The number of para-hydroxylation sites is 3. The molecule has 0 unspecified atom stereocenters. The molecule has 11 aromatic rings. The van der Waals surface area contributed by atoms with E-state index in [0.717, 1.165) is 27.5 Å². The van der Waals surface area contributed by atoms with Crippen molar-refractivity contribution in [2.45, 2.75) is 0 Å². The first-order valence-electron chi connectivity index (χ1n) is 18.7. The minimum atomic E-state index is 0.942. The van der Waals surface area contributed by atoms with Crippen molar-refractivity contribution < 1.29 is 0 Å². The van der Waals surface area contributed by atoms with Crippen LogP contribution in [-0.2, 0) is 0 Å². The summed E-state index contributed by atoms with van der Waals surface area (Å²) in [4.78, 5) is 9.41. The average Bonchev–Trinajstić information content (AvgIpc) is 3.61. The summed E-state index contributed by atoms with van der Waals surface area (Å²) in [5, 5.41) is 7.17. The highest BCUT2D eigenvalue weighted by Crippen LogP contribution is 2.39. The molecule has 2 heterocycles. The van der Waals surface area contributed by atoms with Gasteiger partial charge < -0.3 is 4.57 Å². The molecule has 0 fully saturated rings. The number of fused-ring (bicyclic) bond motifs is 9. The van der Waals surface area contributed by atoms with E-state index in [1.165, 1.54) is 77.1 Å². The minimum Gasteiger partial charge on any atom is -0.309 e. The van der Waals surface area contributed by atoms with Crippen LogP contribution in [0.3, 0.4) is 0 Å². The summed E-state index contributed by atoms with van der Waals surface area (Å²) in [7, 11) is 0. The van der Waals surface area contributed by atoms with Crippen molar-refractivity contribution in [3.05, 3.63) is 200 Å². The van der Waals surface area contributed by atoms with Crippen molar-refractivity contribution >= 4 is 54.4 Å². The molecule has 0 aliphatic carbocycles. The third-order valence-corrected chi connectivity index (χ3v) is 11.1. The van der Waals surface area contributed by atoms with Gasteiger partial charge in [-0.1, -0.05) is 158 Å². The number of aromatic nitrogens is 3. The van der Waals surface area contributed by atoms with Crippen molar-refractivity contribution in [2.24, 2.45) is 0 Å². The summed E-state index contributed by atoms with van der Waals surface area (Å²) in [5.74, 6) is 0. The Morgan fingerprint density at radius 2 is 0.818 bits per heavy atom. The van der Waals surface area contributed by atoms with E-state index < -0.39 is 0 Å².